The average molecular weight is 433 g/mol. The van der Waals surface area contributed by atoms with Crippen LogP contribution in [-0.4, -0.2) is 48.3 Å². The topological polar surface area (TPSA) is 129 Å². The molecule has 0 saturated heterocycles. The monoisotopic (exact) mass is 433 g/mol. The standard InChI is InChI=1S/C11H24IN5O3S/c1-7(18)10(11(13)20)16-8(17-12)4-2-3-5-14-9(19)6-15-21/h7-8,10,15-18,21H,2-6H2,1H3,(H2,13,20)(H,14,19)/t7-,8+,10+/m1/s1. The molecule has 0 spiro atoms. The SMILES string of the molecule is C[C@@H](O)[C@H](N[C@H](CCCCNC(=O)CNS)NI)C(N)=O. The Morgan fingerprint density at radius 3 is 2.52 bits per heavy atom. The quantitative estimate of drug-likeness (QED) is 0.0681. The summed E-state index contributed by atoms with van der Waals surface area (Å²) in [6.07, 6.45) is 1.38. The molecule has 0 fully saturated rings. The third-order valence-electron chi connectivity index (χ3n) is 2.78. The van der Waals surface area contributed by atoms with E-state index in [0.29, 0.717) is 6.54 Å². The molecule has 0 aromatic rings. The first-order valence-corrected chi connectivity index (χ1v) is 8.18. The molecule has 21 heavy (non-hydrogen) atoms. The van der Waals surface area contributed by atoms with E-state index in [-0.39, 0.29) is 18.6 Å². The number of thiol groups is 1. The van der Waals surface area contributed by atoms with E-state index in [4.69, 9.17) is 5.73 Å². The highest BCUT2D eigenvalue weighted by molar-refractivity contribution is 14.1. The molecule has 0 unspecified atom stereocenters. The Bertz CT molecular complexity index is 322. The highest BCUT2D eigenvalue weighted by Gasteiger charge is 2.23. The van der Waals surface area contributed by atoms with E-state index in [0.717, 1.165) is 19.3 Å². The molecule has 0 radical (unpaired) electrons. The van der Waals surface area contributed by atoms with Gasteiger partial charge in [0.1, 0.15) is 6.04 Å². The molecule has 2 amide bonds. The highest BCUT2D eigenvalue weighted by Crippen LogP contribution is 2.03. The van der Waals surface area contributed by atoms with Crippen molar-refractivity contribution in [3.8, 4) is 0 Å². The molecule has 7 N–H and O–H groups in total. The molecule has 0 aromatic heterocycles. The van der Waals surface area contributed by atoms with Gasteiger partial charge >= 0.3 is 0 Å². The number of primary amides is 1. The third kappa shape index (κ3) is 10.3. The van der Waals surface area contributed by atoms with E-state index in [9.17, 15) is 14.7 Å². The van der Waals surface area contributed by atoms with Gasteiger partial charge in [0.2, 0.25) is 11.8 Å². The number of hydrogen-bond acceptors (Lipinski definition) is 7. The smallest absolute Gasteiger partial charge is 0.237 e. The van der Waals surface area contributed by atoms with E-state index in [2.05, 4.69) is 31.7 Å². The van der Waals surface area contributed by atoms with Gasteiger partial charge in [0.05, 0.1) is 18.8 Å². The van der Waals surface area contributed by atoms with Crippen molar-refractivity contribution in [2.45, 2.75) is 44.5 Å². The van der Waals surface area contributed by atoms with Crippen LogP contribution < -0.4 is 24.6 Å². The molecule has 0 aliphatic rings. The predicted octanol–water partition coefficient (Wildman–Crippen LogP) is -1.20. The molecule has 3 atom stereocenters. The molecule has 0 saturated carbocycles. The average Bonchev–Trinajstić information content (AvgIpc) is 2.41. The number of unbranched alkanes of at least 4 members (excludes halogenated alkanes) is 1. The zero-order valence-corrected chi connectivity index (χ0v) is 15.0. The molecular weight excluding hydrogens is 409 g/mol. The van der Waals surface area contributed by atoms with Crippen molar-refractivity contribution in [3.63, 3.8) is 0 Å². The van der Waals surface area contributed by atoms with Gasteiger partial charge in [-0.2, -0.15) is 0 Å². The number of nitrogens with one attached hydrogen (secondary N) is 4. The second-order valence-corrected chi connectivity index (χ2v) is 5.57. The van der Waals surface area contributed by atoms with Crippen LogP contribution in [0.2, 0.25) is 0 Å². The minimum atomic E-state index is -0.859. The lowest BCUT2D eigenvalue weighted by Crippen LogP contribution is -2.54. The van der Waals surface area contributed by atoms with E-state index >= 15 is 0 Å². The molecule has 0 aromatic carbocycles. The van der Waals surface area contributed by atoms with Gasteiger partial charge in [-0.3, -0.25) is 19.6 Å². The van der Waals surface area contributed by atoms with E-state index in [1.54, 1.807) is 0 Å². The summed E-state index contributed by atoms with van der Waals surface area (Å²) in [7, 11) is 0. The molecule has 0 bridgehead atoms. The van der Waals surface area contributed by atoms with Crippen LogP contribution in [0.3, 0.4) is 0 Å². The molecule has 0 rings (SSSR count). The number of nitrogens with two attached hydrogens (primary N) is 1. The first-order valence-electron chi connectivity index (χ1n) is 6.65. The van der Waals surface area contributed by atoms with Crippen LogP contribution in [0.25, 0.3) is 0 Å². The van der Waals surface area contributed by atoms with E-state index < -0.39 is 18.1 Å². The summed E-state index contributed by atoms with van der Waals surface area (Å²) in [5.41, 5.74) is 5.23. The molecule has 10 heteroatoms. The first-order chi connectivity index (χ1) is 9.92. The number of carbonyl (C=O) groups is 2. The van der Waals surface area contributed by atoms with Gasteiger partial charge in [0.15, 0.2) is 0 Å². The van der Waals surface area contributed by atoms with Crippen LogP contribution in [0, 0.1) is 0 Å². The Morgan fingerprint density at radius 2 is 2.05 bits per heavy atom. The summed E-state index contributed by atoms with van der Waals surface area (Å²) >= 11 is 5.72. The molecule has 8 nitrogen and oxygen atoms in total. The maximum atomic E-state index is 11.2. The van der Waals surface area contributed by atoms with E-state index in [1.165, 1.54) is 6.92 Å². The van der Waals surface area contributed by atoms with Gasteiger partial charge in [0.25, 0.3) is 0 Å². The summed E-state index contributed by atoms with van der Waals surface area (Å²) in [5, 5.41) is 15.2. The number of rotatable bonds is 12. The molecule has 0 aliphatic carbocycles. The van der Waals surface area contributed by atoms with Gasteiger partial charge in [-0.25, -0.2) is 3.53 Å². The summed E-state index contributed by atoms with van der Waals surface area (Å²) in [4.78, 5) is 22.4. The zero-order valence-electron chi connectivity index (χ0n) is 11.9. The van der Waals surface area contributed by atoms with Crippen molar-refractivity contribution < 1.29 is 14.7 Å². The van der Waals surface area contributed by atoms with E-state index in [1.807, 2.05) is 22.9 Å². The van der Waals surface area contributed by atoms with Crippen molar-refractivity contribution in [1.29, 1.82) is 0 Å². The maximum Gasteiger partial charge on any atom is 0.237 e. The molecular formula is C11H24IN5O3S. The van der Waals surface area contributed by atoms with Gasteiger partial charge in [-0.1, -0.05) is 12.8 Å². The van der Waals surface area contributed by atoms with Crippen molar-refractivity contribution >= 4 is 47.5 Å². The lowest BCUT2D eigenvalue weighted by molar-refractivity contribution is -0.123. The van der Waals surface area contributed by atoms with Gasteiger partial charge in [-0.15, -0.1) is 0 Å². The van der Waals surface area contributed by atoms with Crippen molar-refractivity contribution in [2.24, 2.45) is 5.73 Å². The largest absolute Gasteiger partial charge is 0.391 e. The Kier molecular flexibility index (Phi) is 12.3. The Morgan fingerprint density at radius 1 is 1.38 bits per heavy atom. The van der Waals surface area contributed by atoms with Gasteiger partial charge in [0, 0.05) is 29.4 Å². The second kappa shape index (κ2) is 12.4. The maximum absolute atomic E-state index is 11.2. The fourth-order valence-corrected chi connectivity index (χ4v) is 2.32. The van der Waals surface area contributed by atoms with Gasteiger partial charge < -0.3 is 16.2 Å². The first kappa shape index (κ1) is 20.9. The third-order valence-corrected chi connectivity index (χ3v) is 3.69. The van der Waals surface area contributed by atoms with Gasteiger partial charge in [-0.05, 0) is 26.2 Å². The van der Waals surface area contributed by atoms with Crippen LogP contribution in [0.15, 0.2) is 0 Å². The number of aliphatic hydroxyl groups excluding tert-OH is 1. The number of hydrogen-bond donors (Lipinski definition) is 7. The number of carbonyl (C=O) groups excluding carboxylic acids is 2. The Labute approximate surface area is 144 Å². The minimum Gasteiger partial charge on any atom is -0.391 e. The Balaban J connectivity index is 3.94. The van der Waals surface area contributed by atoms with Crippen LogP contribution in [-0.2, 0) is 9.59 Å². The van der Waals surface area contributed by atoms with Crippen molar-refractivity contribution in [1.82, 2.24) is 18.9 Å². The fraction of sp³-hybridized carbons (Fsp3) is 0.818. The van der Waals surface area contributed by atoms with Crippen molar-refractivity contribution in [3.05, 3.63) is 0 Å². The lowest BCUT2D eigenvalue weighted by atomic mass is 10.1. The predicted molar refractivity (Wildman–Crippen MR) is 92.6 cm³/mol. The number of aliphatic hydroxyl groups is 1. The molecule has 0 aliphatic heterocycles. The number of amides is 2. The van der Waals surface area contributed by atoms with Crippen LogP contribution >= 0.6 is 35.7 Å². The van der Waals surface area contributed by atoms with Crippen LogP contribution in [0.5, 0.6) is 0 Å². The fourth-order valence-electron chi connectivity index (χ4n) is 1.68. The van der Waals surface area contributed by atoms with Crippen molar-refractivity contribution in [2.75, 3.05) is 13.1 Å². The van der Waals surface area contributed by atoms with Crippen LogP contribution in [0.1, 0.15) is 26.2 Å². The normalized spacial score (nSPS) is 15.2. The summed E-state index contributed by atoms with van der Waals surface area (Å²) in [6.45, 7) is 2.27. The second-order valence-electron chi connectivity index (χ2n) is 4.63. The number of halogens is 1. The summed E-state index contributed by atoms with van der Waals surface area (Å²) in [6, 6.07) is -0.793. The van der Waals surface area contributed by atoms with Crippen LogP contribution in [0.4, 0.5) is 0 Å². The molecule has 124 valence electrons. The zero-order chi connectivity index (χ0) is 16.3. The summed E-state index contributed by atoms with van der Waals surface area (Å²) < 4.78 is 5.47. The molecule has 0 heterocycles. The lowest BCUT2D eigenvalue weighted by Gasteiger charge is -2.24. The minimum absolute atomic E-state index is 0.102. The summed E-state index contributed by atoms with van der Waals surface area (Å²) in [5.74, 6) is -0.692. The Hall–Kier alpha value is -0.140. The highest BCUT2D eigenvalue weighted by atomic mass is 127.